The second-order valence-electron chi connectivity index (χ2n) is 4.63. The van der Waals surface area contributed by atoms with Crippen molar-refractivity contribution in [3.05, 3.63) is 65.7 Å². The molecule has 0 saturated carbocycles. The third-order valence-electron chi connectivity index (χ3n) is 3.10. The first-order valence-corrected chi connectivity index (χ1v) is 6.46. The van der Waals surface area contributed by atoms with Crippen LogP contribution in [0, 0.1) is 0 Å². The maximum atomic E-state index is 12.4. The van der Waals surface area contributed by atoms with E-state index in [2.05, 4.69) is 0 Å². The van der Waals surface area contributed by atoms with Gasteiger partial charge in [-0.25, -0.2) is 0 Å². The summed E-state index contributed by atoms with van der Waals surface area (Å²) in [5.41, 5.74) is -0.209. The normalized spacial score (nSPS) is 12.7. The summed E-state index contributed by atoms with van der Waals surface area (Å²) in [4.78, 5) is 11.3. The van der Waals surface area contributed by atoms with Crippen molar-refractivity contribution in [2.45, 2.75) is 12.1 Å². The largest absolute Gasteiger partial charge is 0.492 e. The Bertz CT molecular complexity index is 621. The van der Waals surface area contributed by atoms with Crippen LogP contribution in [0.2, 0.25) is 0 Å². The highest BCUT2D eigenvalue weighted by molar-refractivity contribution is 5.76. The molecule has 0 radical (unpaired) electrons. The molecule has 0 saturated heterocycles. The number of hydrogen-bond donors (Lipinski definition) is 1. The third-order valence-corrected chi connectivity index (χ3v) is 3.10. The topological polar surface area (TPSA) is 46.5 Å². The number of hydrogen-bond acceptors (Lipinski definition) is 2. The molecule has 2 aromatic rings. The van der Waals surface area contributed by atoms with Crippen LogP contribution >= 0.6 is 0 Å². The highest BCUT2D eigenvalue weighted by atomic mass is 19.4. The van der Waals surface area contributed by atoms with E-state index in [1.807, 2.05) is 0 Å². The van der Waals surface area contributed by atoms with Crippen molar-refractivity contribution in [2.75, 3.05) is 6.61 Å². The Morgan fingerprint density at radius 1 is 1.05 bits per heavy atom. The third kappa shape index (κ3) is 4.00. The molecule has 22 heavy (non-hydrogen) atoms. The van der Waals surface area contributed by atoms with Crippen LogP contribution in [-0.2, 0) is 11.0 Å². The molecule has 6 heteroatoms. The molecule has 0 bridgehead atoms. The van der Waals surface area contributed by atoms with Crippen molar-refractivity contribution in [1.29, 1.82) is 0 Å². The fraction of sp³-hybridized carbons (Fsp3) is 0.188. The van der Waals surface area contributed by atoms with Gasteiger partial charge < -0.3 is 9.84 Å². The zero-order valence-corrected chi connectivity index (χ0v) is 11.4. The Morgan fingerprint density at radius 3 is 2.14 bits per heavy atom. The smallest absolute Gasteiger partial charge is 0.416 e. The second kappa shape index (κ2) is 6.51. The van der Waals surface area contributed by atoms with E-state index in [1.54, 1.807) is 30.3 Å². The summed E-state index contributed by atoms with van der Waals surface area (Å²) in [6.07, 6.45) is -4.41. The van der Waals surface area contributed by atoms with Crippen molar-refractivity contribution >= 4 is 5.97 Å². The molecule has 3 nitrogen and oxygen atoms in total. The minimum absolute atomic E-state index is 0.162. The molecule has 0 aliphatic rings. The zero-order chi connectivity index (χ0) is 16.2. The molecule has 0 aromatic heterocycles. The van der Waals surface area contributed by atoms with Crippen molar-refractivity contribution in [1.82, 2.24) is 0 Å². The van der Waals surface area contributed by atoms with E-state index in [1.165, 1.54) is 12.1 Å². The Labute approximate surface area is 125 Å². The van der Waals surface area contributed by atoms with Gasteiger partial charge in [0.05, 0.1) is 5.56 Å². The van der Waals surface area contributed by atoms with E-state index < -0.39 is 23.6 Å². The minimum Gasteiger partial charge on any atom is -0.492 e. The number of alkyl halides is 3. The second-order valence-corrected chi connectivity index (χ2v) is 4.63. The van der Waals surface area contributed by atoms with Gasteiger partial charge in [-0.2, -0.15) is 13.2 Å². The van der Waals surface area contributed by atoms with E-state index in [0.29, 0.717) is 5.56 Å². The van der Waals surface area contributed by atoms with Crippen LogP contribution < -0.4 is 4.74 Å². The average Bonchev–Trinajstić information content (AvgIpc) is 2.48. The first-order chi connectivity index (χ1) is 10.4. The summed E-state index contributed by atoms with van der Waals surface area (Å²) in [6, 6.07) is 12.6. The monoisotopic (exact) mass is 310 g/mol. The van der Waals surface area contributed by atoms with Crippen LogP contribution in [0.15, 0.2) is 54.6 Å². The molecule has 0 aliphatic carbocycles. The first-order valence-electron chi connectivity index (χ1n) is 6.46. The molecule has 2 rings (SSSR count). The Kier molecular flexibility index (Phi) is 4.70. The summed E-state index contributed by atoms with van der Waals surface area (Å²) in [5, 5.41) is 9.23. The Hall–Kier alpha value is -2.50. The Morgan fingerprint density at radius 2 is 1.64 bits per heavy atom. The van der Waals surface area contributed by atoms with E-state index >= 15 is 0 Å². The SMILES string of the molecule is O=C(O)C(COc1ccc(C(F)(F)F)cc1)c1ccccc1. The number of ether oxygens (including phenoxy) is 1. The molecule has 0 heterocycles. The zero-order valence-electron chi connectivity index (χ0n) is 11.4. The lowest BCUT2D eigenvalue weighted by atomic mass is 10.0. The number of benzene rings is 2. The van der Waals surface area contributed by atoms with Crippen LogP contribution in [-0.4, -0.2) is 17.7 Å². The van der Waals surface area contributed by atoms with Gasteiger partial charge in [-0.3, -0.25) is 4.79 Å². The lowest BCUT2D eigenvalue weighted by molar-refractivity contribution is -0.139. The molecular weight excluding hydrogens is 297 g/mol. The fourth-order valence-corrected chi connectivity index (χ4v) is 1.92. The summed E-state index contributed by atoms with van der Waals surface area (Å²) in [7, 11) is 0. The van der Waals surface area contributed by atoms with Crippen LogP contribution in [0.1, 0.15) is 17.0 Å². The number of carbonyl (C=O) groups is 1. The number of rotatable bonds is 5. The lowest BCUT2D eigenvalue weighted by Crippen LogP contribution is -2.19. The van der Waals surface area contributed by atoms with Gasteiger partial charge in [0, 0.05) is 0 Å². The molecular formula is C16H13F3O3. The number of aliphatic carboxylic acids is 1. The highest BCUT2D eigenvalue weighted by Gasteiger charge is 2.30. The van der Waals surface area contributed by atoms with Crippen LogP contribution in [0.4, 0.5) is 13.2 Å². The predicted molar refractivity (Wildman–Crippen MR) is 73.8 cm³/mol. The maximum Gasteiger partial charge on any atom is 0.416 e. The molecule has 0 aliphatic heterocycles. The predicted octanol–water partition coefficient (Wildman–Crippen LogP) is 3.95. The molecule has 0 fully saturated rings. The van der Waals surface area contributed by atoms with Crippen LogP contribution in [0.3, 0.4) is 0 Å². The summed E-state index contributed by atoms with van der Waals surface area (Å²) in [6.45, 7) is -0.162. The summed E-state index contributed by atoms with van der Waals surface area (Å²) >= 11 is 0. The van der Waals surface area contributed by atoms with Crippen molar-refractivity contribution in [2.24, 2.45) is 0 Å². The number of carboxylic acid groups (broad SMARTS) is 1. The number of halogens is 3. The molecule has 1 atom stereocenters. The van der Waals surface area contributed by atoms with E-state index in [0.717, 1.165) is 12.1 Å². The summed E-state index contributed by atoms with van der Waals surface area (Å²) in [5.74, 6) is -1.75. The molecule has 1 N–H and O–H groups in total. The van der Waals surface area contributed by atoms with Crippen molar-refractivity contribution in [3.8, 4) is 5.75 Å². The lowest BCUT2D eigenvalue weighted by Gasteiger charge is -2.14. The van der Waals surface area contributed by atoms with E-state index in [9.17, 15) is 23.1 Å². The van der Waals surface area contributed by atoms with Crippen LogP contribution in [0.25, 0.3) is 0 Å². The van der Waals surface area contributed by atoms with Crippen molar-refractivity contribution in [3.63, 3.8) is 0 Å². The van der Waals surface area contributed by atoms with Gasteiger partial charge in [0.15, 0.2) is 0 Å². The van der Waals surface area contributed by atoms with Gasteiger partial charge >= 0.3 is 12.1 Å². The van der Waals surface area contributed by atoms with Gasteiger partial charge in [-0.1, -0.05) is 30.3 Å². The number of carboxylic acids is 1. The van der Waals surface area contributed by atoms with Gasteiger partial charge in [0.25, 0.3) is 0 Å². The van der Waals surface area contributed by atoms with Gasteiger partial charge in [-0.15, -0.1) is 0 Å². The quantitative estimate of drug-likeness (QED) is 0.909. The maximum absolute atomic E-state index is 12.4. The molecule has 0 amide bonds. The highest BCUT2D eigenvalue weighted by Crippen LogP contribution is 2.30. The molecule has 2 aromatic carbocycles. The minimum atomic E-state index is -4.41. The average molecular weight is 310 g/mol. The fourth-order valence-electron chi connectivity index (χ4n) is 1.92. The van der Waals surface area contributed by atoms with Gasteiger partial charge in [-0.05, 0) is 29.8 Å². The summed E-state index contributed by atoms with van der Waals surface area (Å²) < 4.78 is 42.6. The Balaban J connectivity index is 2.06. The molecule has 1 unspecified atom stereocenters. The van der Waals surface area contributed by atoms with E-state index in [4.69, 9.17) is 4.74 Å². The molecule has 116 valence electrons. The molecule has 0 spiro atoms. The van der Waals surface area contributed by atoms with Crippen LogP contribution in [0.5, 0.6) is 5.75 Å². The van der Waals surface area contributed by atoms with Gasteiger partial charge in [0.2, 0.25) is 0 Å². The first kappa shape index (κ1) is 15.9. The van der Waals surface area contributed by atoms with Crippen molar-refractivity contribution < 1.29 is 27.8 Å². The van der Waals surface area contributed by atoms with E-state index in [-0.39, 0.29) is 12.4 Å². The standard InChI is InChI=1S/C16H13F3O3/c17-16(18,19)12-6-8-13(9-7-12)22-10-14(15(20)21)11-4-2-1-3-5-11/h1-9,14H,10H2,(H,20,21). The van der Waals surface area contributed by atoms with Gasteiger partial charge in [0.1, 0.15) is 18.3 Å².